The maximum atomic E-state index is 12.5. The fraction of sp³-hybridized carbons (Fsp3) is 0.417. The Bertz CT molecular complexity index is 1570. The molecule has 0 unspecified atom stereocenters. The highest BCUT2D eigenvalue weighted by atomic mass is 16.5. The fourth-order valence-electron chi connectivity index (χ4n) is 4.47. The number of nitrogens with one attached hydrogen (secondary N) is 2. The number of fused-ring (bicyclic) bond motifs is 2. The van der Waals surface area contributed by atoms with Crippen LogP contribution in [0.3, 0.4) is 0 Å². The van der Waals surface area contributed by atoms with Crippen molar-refractivity contribution in [3.8, 4) is 17.1 Å². The van der Waals surface area contributed by atoms with E-state index < -0.39 is 6.98 Å². The summed E-state index contributed by atoms with van der Waals surface area (Å²) in [6.45, 7) is 2.28. The van der Waals surface area contributed by atoms with E-state index >= 15 is 0 Å². The number of hydrogen-bond donors (Lipinski definition) is 2. The largest absolute Gasteiger partial charge is 0.493 e. The Morgan fingerprint density at radius 3 is 2.86 bits per heavy atom. The number of methoxy groups -OCH3 is 1. The lowest BCUT2D eigenvalue weighted by Gasteiger charge is -2.28. The van der Waals surface area contributed by atoms with Crippen molar-refractivity contribution in [3.05, 3.63) is 24.5 Å². The van der Waals surface area contributed by atoms with Gasteiger partial charge in [-0.2, -0.15) is 0 Å². The van der Waals surface area contributed by atoms with Crippen molar-refractivity contribution >= 4 is 39.8 Å². The molecule has 12 nitrogen and oxygen atoms in total. The summed E-state index contributed by atoms with van der Waals surface area (Å²) in [6.07, 6.45) is 4.19. The molecular weight excluding hydrogens is 462 g/mol. The number of carbonyl (C=O) groups is 1. The average molecular weight is 493 g/mol. The lowest BCUT2D eigenvalue weighted by Crippen LogP contribution is -2.36. The van der Waals surface area contributed by atoms with Gasteiger partial charge >= 0.3 is 0 Å². The van der Waals surface area contributed by atoms with E-state index in [4.69, 9.17) is 23.7 Å². The number of hydrogen-bond acceptors (Lipinski definition) is 10. The molecule has 1 saturated carbocycles. The standard InChI is InChI=1S/C24H27N9O3/c1-13-8-15(13)24(34)27-19-10-16-17(11-26-22(25-2)20(16)30-29-19)21-28-23-18(35-3)9-14(12-33(23)31-21)32-4-6-36-7-5-32/h9-13,15H,4-8H2,1-3H3,(H,25,26)(H,27,29,34)/t13-,15+/m1/s1/i2D3. The number of ether oxygens (including phenoxy) is 2. The average Bonchev–Trinajstić information content (AvgIpc) is 3.50. The van der Waals surface area contributed by atoms with E-state index in [-0.39, 0.29) is 29.0 Å². The van der Waals surface area contributed by atoms with E-state index in [1.807, 2.05) is 19.2 Å². The van der Waals surface area contributed by atoms with Crippen LogP contribution in [0.4, 0.5) is 17.3 Å². The molecule has 2 atom stereocenters. The van der Waals surface area contributed by atoms with Crippen molar-refractivity contribution in [2.24, 2.45) is 11.8 Å². The quantitative estimate of drug-likeness (QED) is 0.413. The molecule has 2 N–H and O–H groups in total. The van der Waals surface area contributed by atoms with E-state index in [2.05, 4.69) is 30.7 Å². The maximum Gasteiger partial charge on any atom is 0.228 e. The first-order valence-electron chi connectivity index (χ1n) is 13.2. The van der Waals surface area contributed by atoms with Gasteiger partial charge in [-0.05, 0) is 18.4 Å². The Morgan fingerprint density at radius 2 is 2.11 bits per heavy atom. The first-order chi connectivity index (χ1) is 18.7. The predicted octanol–water partition coefficient (Wildman–Crippen LogP) is 2.22. The second-order valence-electron chi connectivity index (χ2n) is 9.02. The van der Waals surface area contributed by atoms with Crippen LogP contribution in [0.25, 0.3) is 27.9 Å². The molecule has 0 radical (unpaired) electrons. The van der Waals surface area contributed by atoms with Crippen LogP contribution >= 0.6 is 0 Å². The Kier molecular flexibility index (Phi) is 4.72. The second kappa shape index (κ2) is 8.86. The minimum Gasteiger partial charge on any atom is -0.493 e. The van der Waals surface area contributed by atoms with Crippen LogP contribution < -0.4 is 20.3 Å². The summed E-state index contributed by atoms with van der Waals surface area (Å²) in [5.74, 6) is 1.29. The highest BCUT2D eigenvalue weighted by Gasteiger charge is 2.39. The molecular formula is C24H27N9O3. The molecule has 0 spiro atoms. The highest BCUT2D eigenvalue weighted by molar-refractivity contribution is 6.01. The van der Waals surface area contributed by atoms with Crippen LogP contribution in [0.5, 0.6) is 5.75 Å². The number of nitrogens with zero attached hydrogens (tertiary/aromatic N) is 7. The van der Waals surface area contributed by atoms with Crippen LogP contribution in [0.1, 0.15) is 17.5 Å². The van der Waals surface area contributed by atoms with Gasteiger partial charge in [-0.25, -0.2) is 14.5 Å². The van der Waals surface area contributed by atoms with Gasteiger partial charge in [0.05, 0.1) is 32.2 Å². The first-order valence-corrected chi connectivity index (χ1v) is 11.7. The molecule has 1 saturated heterocycles. The molecule has 186 valence electrons. The number of anilines is 3. The zero-order valence-electron chi connectivity index (χ0n) is 22.9. The topological polar surface area (TPSA) is 132 Å². The van der Waals surface area contributed by atoms with Crippen LogP contribution in [-0.2, 0) is 9.53 Å². The molecule has 1 amide bonds. The minimum absolute atomic E-state index is 0.0332. The monoisotopic (exact) mass is 492 g/mol. The minimum atomic E-state index is -2.50. The molecule has 1 aliphatic carbocycles. The van der Waals surface area contributed by atoms with Crippen molar-refractivity contribution < 1.29 is 18.4 Å². The molecule has 4 aromatic rings. The second-order valence-corrected chi connectivity index (χ2v) is 9.02. The first kappa shape index (κ1) is 19.2. The van der Waals surface area contributed by atoms with Crippen LogP contribution in [0, 0.1) is 11.8 Å². The van der Waals surface area contributed by atoms with Crippen LogP contribution in [0.2, 0.25) is 0 Å². The van der Waals surface area contributed by atoms with Gasteiger partial charge in [0, 0.05) is 53.3 Å². The van der Waals surface area contributed by atoms with E-state index in [1.165, 1.54) is 6.20 Å². The van der Waals surface area contributed by atoms with Gasteiger partial charge in [0.2, 0.25) is 5.91 Å². The molecule has 2 fully saturated rings. The maximum absolute atomic E-state index is 12.5. The van der Waals surface area contributed by atoms with E-state index in [0.717, 1.165) is 25.2 Å². The summed E-state index contributed by atoms with van der Waals surface area (Å²) in [7, 11) is 1.57. The summed E-state index contributed by atoms with van der Waals surface area (Å²) in [6, 6.07) is 3.55. The number of carbonyl (C=O) groups excluding carboxylic acids is 1. The summed E-state index contributed by atoms with van der Waals surface area (Å²) in [4.78, 5) is 23.8. The Labute approximate surface area is 211 Å². The van der Waals surface area contributed by atoms with Gasteiger partial charge < -0.3 is 25.0 Å². The van der Waals surface area contributed by atoms with Gasteiger partial charge in [-0.3, -0.25) is 4.79 Å². The number of aromatic nitrogens is 6. The molecule has 0 aromatic carbocycles. The number of pyridine rings is 2. The third-order valence-corrected chi connectivity index (χ3v) is 6.67. The number of amides is 1. The number of morpholine rings is 1. The molecule has 36 heavy (non-hydrogen) atoms. The van der Waals surface area contributed by atoms with Crippen molar-refractivity contribution in [1.29, 1.82) is 0 Å². The molecule has 4 aromatic heterocycles. The smallest absolute Gasteiger partial charge is 0.228 e. The fourth-order valence-corrected chi connectivity index (χ4v) is 4.47. The van der Waals surface area contributed by atoms with Crippen molar-refractivity contribution in [2.75, 3.05) is 55.9 Å². The van der Waals surface area contributed by atoms with Crippen molar-refractivity contribution in [1.82, 2.24) is 29.8 Å². The van der Waals surface area contributed by atoms with Gasteiger partial charge in [0.15, 0.2) is 28.9 Å². The lowest BCUT2D eigenvalue weighted by molar-refractivity contribution is -0.117. The third-order valence-electron chi connectivity index (χ3n) is 6.67. The van der Waals surface area contributed by atoms with Crippen LogP contribution in [-0.4, -0.2) is 76.1 Å². The molecule has 12 heteroatoms. The summed E-state index contributed by atoms with van der Waals surface area (Å²) < 4.78 is 35.6. The van der Waals surface area contributed by atoms with Crippen molar-refractivity contribution in [2.45, 2.75) is 13.3 Å². The van der Waals surface area contributed by atoms with Crippen molar-refractivity contribution in [3.63, 3.8) is 0 Å². The predicted molar refractivity (Wildman–Crippen MR) is 134 cm³/mol. The lowest BCUT2D eigenvalue weighted by atomic mass is 10.1. The summed E-state index contributed by atoms with van der Waals surface area (Å²) in [5, 5.41) is 18.7. The zero-order chi connectivity index (χ0) is 27.3. The Balaban J connectivity index is 1.45. The van der Waals surface area contributed by atoms with Gasteiger partial charge in [-0.15, -0.1) is 15.3 Å². The molecule has 1 aliphatic heterocycles. The van der Waals surface area contributed by atoms with Crippen LogP contribution in [0.15, 0.2) is 24.5 Å². The van der Waals surface area contributed by atoms with Gasteiger partial charge in [-0.1, -0.05) is 6.92 Å². The van der Waals surface area contributed by atoms with Gasteiger partial charge in [0.1, 0.15) is 5.52 Å². The molecule has 0 bridgehead atoms. The van der Waals surface area contributed by atoms with E-state index in [0.29, 0.717) is 47.3 Å². The normalized spacial score (nSPS) is 21.1. The highest BCUT2D eigenvalue weighted by Crippen LogP contribution is 2.39. The number of rotatable bonds is 6. The van der Waals surface area contributed by atoms with E-state index in [1.54, 1.807) is 17.7 Å². The molecule has 5 heterocycles. The summed E-state index contributed by atoms with van der Waals surface area (Å²) in [5.41, 5.74) is 2.12. The summed E-state index contributed by atoms with van der Waals surface area (Å²) >= 11 is 0. The van der Waals surface area contributed by atoms with Gasteiger partial charge in [0.25, 0.3) is 0 Å². The Morgan fingerprint density at radius 1 is 1.28 bits per heavy atom. The molecule has 2 aliphatic rings. The molecule has 6 rings (SSSR count). The third kappa shape index (κ3) is 3.92. The Hall–Kier alpha value is -4.06. The zero-order valence-corrected chi connectivity index (χ0v) is 19.9. The van der Waals surface area contributed by atoms with E-state index in [9.17, 15) is 4.79 Å². The SMILES string of the molecule is [2H]C([2H])([2H])Nc1ncc(-c2nc3c(OC)cc(N4CCOCC4)cn3n2)c2cc(NC(=O)[C@H]3C[C@H]3C)nnc12.